The molecule has 0 saturated heterocycles. The zero-order chi connectivity index (χ0) is 31.3. The molecular weight excluding hydrogens is 590 g/mol. The summed E-state index contributed by atoms with van der Waals surface area (Å²) in [6, 6.07) is 50.7. The fourth-order valence-electron chi connectivity index (χ4n) is 7.79. The molecule has 6 heteroatoms. The summed E-state index contributed by atoms with van der Waals surface area (Å²) in [7, 11) is -1.24. The van der Waals surface area contributed by atoms with Crippen LogP contribution in [0.3, 0.4) is 0 Å². The van der Waals surface area contributed by atoms with Gasteiger partial charge in [0.1, 0.15) is 23.0 Å². The molecule has 0 unspecified atom stereocenters. The number of benzene rings is 7. The molecule has 48 heavy (non-hydrogen) atoms. The van der Waals surface area contributed by atoms with Gasteiger partial charge in [0.05, 0.1) is 5.56 Å². The minimum absolute atomic E-state index is 0.620. The molecule has 0 fully saturated rings. The van der Waals surface area contributed by atoms with Crippen molar-refractivity contribution in [2.24, 2.45) is 0 Å². The summed E-state index contributed by atoms with van der Waals surface area (Å²) in [5, 5.41) is 0. The second-order valence-corrected chi connectivity index (χ2v) is 12.7. The van der Waals surface area contributed by atoms with E-state index in [0.29, 0.717) is 0 Å². The van der Waals surface area contributed by atoms with Crippen molar-refractivity contribution >= 4 is 25.2 Å². The van der Waals surface area contributed by atoms with E-state index in [1.54, 1.807) is 0 Å². The molecule has 0 radical (unpaired) electrons. The van der Waals surface area contributed by atoms with E-state index in [1.807, 2.05) is 30.3 Å². The Bertz CT molecular complexity index is 2320. The van der Waals surface area contributed by atoms with Gasteiger partial charge in [-0.3, -0.25) is 0 Å². The minimum atomic E-state index is -0.620. The average molecular weight is 614 g/mol. The van der Waals surface area contributed by atoms with E-state index in [2.05, 4.69) is 115 Å². The van der Waals surface area contributed by atoms with Gasteiger partial charge in [0.15, 0.2) is 0 Å². The Hall–Kier alpha value is -6.13. The second-order valence-electron chi connectivity index (χ2n) is 12.7. The fraction of sp³-hybridized carbons (Fsp3) is 0. The van der Waals surface area contributed by atoms with Crippen LogP contribution >= 0.6 is 0 Å². The maximum atomic E-state index is 6.79. The van der Waals surface area contributed by atoms with Gasteiger partial charge in [0, 0.05) is 22.1 Å². The normalized spacial score (nSPS) is 13.6. The van der Waals surface area contributed by atoms with Crippen LogP contribution in [0.2, 0.25) is 0 Å². The first-order chi connectivity index (χ1) is 23.8. The van der Waals surface area contributed by atoms with Gasteiger partial charge in [-0.25, -0.2) is 0 Å². The highest BCUT2D eigenvalue weighted by molar-refractivity contribution is 6.74. The Morgan fingerprint density at radius 3 is 1.15 bits per heavy atom. The predicted octanol–water partition coefficient (Wildman–Crippen LogP) is 8.65. The van der Waals surface area contributed by atoms with Crippen molar-refractivity contribution in [2.45, 2.75) is 0 Å². The average Bonchev–Trinajstić information content (AvgIpc) is 3.15. The molecule has 0 saturated carbocycles. The van der Waals surface area contributed by atoms with Crippen molar-refractivity contribution in [3.8, 4) is 89.8 Å². The van der Waals surface area contributed by atoms with Crippen molar-refractivity contribution in [1.29, 1.82) is 0 Å². The Kier molecular flexibility index (Phi) is 5.25. The van der Waals surface area contributed by atoms with E-state index in [-0.39, 0.29) is 0 Å². The summed E-state index contributed by atoms with van der Waals surface area (Å²) in [5.74, 6) is 3.10. The maximum Gasteiger partial charge on any atom is 0.633 e. The van der Waals surface area contributed by atoms with Crippen LogP contribution in [0.1, 0.15) is 0 Å². The van der Waals surface area contributed by atoms with Gasteiger partial charge in [-0.05, 0) is 80.4 Å². The third-order valence-corrected chi connectivity index (χ3v) is 10.00. The van der Waals surface area contributed by atoms with E-state index in [9.17, 15) is 0 Å². The third kappa shape index (κ3) is 3.68. The lowest BCUT2D eigenvalue weighted by Crippen LogP contribution is -2.57. The molecule has 4 nitrogen and oxygen atoms in total. The van der Waals surface area contributed by atoms with Crippen LogP contribution in [0.4, 0.5) is 0 Å². The highest BCUT2D eigenvalue weighted by Gasteiger charge is 2.51. The first kappa shape index (κ1) is 26.0. The fourth-order valence-corrected chi connectivity index (χ4v) is 7.79. The summed E-state index contributed by atoms with van der Waals surface area (Å²) in [4.78, 5) is 0. The molecule has 0 aliphatic carbocycles. The number of fused-ring (bicyclic) bond motifs is 4. The quantitative estimate of drug-likeness (QED) is 0.187. The van der Waals surface area contributed by atoms with E-state index >= 15 is 0 Å². The molecule has 0 spiro atoms. The molecule has 0 amide bonds. The zero-order valence-electron chi connectivity index (χ0n) is 25.6. The summed E-state index contributed by atoms with van der Waals surface area (Å²) in [5.41, 5.74) is 15.0. The molecule has 0 atom stereocenters. The van der Waals surface area contributed by atoms with Gasteiger partial charge in [-0.15, -0.1) is 0 Å². The first-order valence-corrected chi connectivity index (χ1v) is 16.3. The molecule has 7 aromatic carbocycles. The van der Waals surface area contributed by atoms with Crippen molar-refractivity contribution in [1.82, 2.24) is 0 Å². The molecule has 4 aliphatic heterocycles. The van der Waals surface area contributed by atoms with Gasteiger partial charge in [0.25, 0.3) is 0 Å². The topological polar surface area (TPSA) is 36.9 Å². The van der Waals surface area contributed by atoms with Crippen LogP contribution in [0.5, 0.6) is 23.0 Å². The number of hydrogen-bond acceptors (Lipinski definition) is 4. The Labute approximate surface area is 278 Å². The zero-order valence-corrected chi connectivity index (χ0v) is 25.6. The van der Waals surface area contributed by atoms with Crippen LogP contribution in [0.25, 0.3) is 66.8 Å². The van der Waals surface area contributed by atoms with Crippen molar-refractivity contribution in [3.63, 3.8) is 0 Å². The Morgan fingerprint density at radius 2 is 0.688 bits per heavy atom. The van der Waals surface area contributed by atoms with Gasteiger partial charge in [-0.2, -0.15) is 0 Å². The van der Waals surface area contributed by atoms with Crippen LogP contribution in [-0.2, 0) is 0 Å². The summed E-state index contributed by atoms with van der Waals surface area (Å²) < 4.78 is 27.1. The maximum absolute atomic E-state index is 6.79. The van der Waals surface area contributed by atoms with Crippen LogP contribution in [0.15, 0.2) is 146 Å². The number of hydrogen-bond donors (Lipinski definition) is 0. The Morgan fingerprint density at radius 1 is 0.292 bits per heavy atom. The molecule has 4 heterocycles. The molecule has 7 aromatic rings. The molecule has 11 rings (SSSR count). The highest BCUT2D eigenvalue weighted by Crippen LogP contribution is 2.52. The first-order valence-electron chi connectivity index (χ1n) is 16.3. The van der Waals surface area contributed by atoms with Crippen molar-refractivity contribution in [2.75, 3.05) is 0 Å². The van der Waals surface area contributed by atoms with Crippen LogP contribution < -0.4 is 29.5 Å². The molecule has 0 aromatic heterocycles. The van der Waals surface area contributed by atoms with Gasteiger partial charge in [-0.1, -0.05) is 115 Å². The minimum Gasteiger partial charge on any atom is -0.521 e. The summed E-state index contributed by atoms with van der Waals surface area (Å²) in [6.45, 7) is 0. The summed E-state index contributed by atoms with van der Waals surface area (Å²) >= 11 is 0. The molecular formula is C42H24B2O4. The largest absolute Gasteiger partial charge is 0.633 e. The van der Waals surface area contributed by atoms with Gasteiger partial charge >= 0.3 is 14.2 Å². The predicted molar refractivity (Wildman–Crippen MR) is 192 cm³/mol. The summed E-state index contributed by atoms with van der Waals surface area (Å²) in [6.07, 6.45) is 0. The van der Waals surface area contributed by atoms with E-state index in [4.69, 9.17) is 18.6 Å². The lowest BCUT2D eigenvalue weighted by Gasteiger charge is -2.40. The van der Waals surface area contributed by atoms with E-state index < -0.39 is 14.2 Å². The monoisotopic (exact) mass is 614 g/mol. The van der Waals surface area contributed by atoms with Crippen molar-refractivity contribution < 1.29 is 18.6 Å². The SMILES string of the molecule is c1ccc(-c2ccc3c(c2)OB2Oc4cc(-c5ccccc5)cc5c4-c4c2c-3cc2c4B(Oc3cc(-c4ccccc4)ccc3-2)O5)cc1. The smallest absolute Gasteiger partial charge is 0.521 e. The Balaban J connectivity index is 1.17. The molecule has 0 bridgehead atoms. The molecule has 0 N–H and O–H groups in total. The molecule has 4 aliphatic rings. The van der Waals surface area contributed by atoms with E-state index in [1.165, 1.54) is 0 Å². The van der Waals surface area contributed by atoms with Gasteiger partial charge in [0.2, 0.25) is 0 Å². The highest BCUT2D eigenvalue weighted by atomic mass is 16.6. The third-order valence-electron chi connectivity index (χ3n) is 10.00. The van der Waals surface area contributed by atoms with Gasteiger partial charge < -0.3 is 18.6 Å². The van der Waals surface area contributed by atoms with E-state index in [0.717, 1.165) is 101 Å². The lowest BCUT2D eigenvalue weighted by molar-refractivity contribution is 0.422. The van der Waals surface area contributed by atoms with Crippen LogP contribution in [-0.4, -0.2) is 14.2 Å². The second kappa shape index (κ2) is 9.69. The number of rotatable bonds is 3. The lowest BCUT2D eigenvalue weighted by atomic mass is 9.57. The van der Waals surface area contributed by atoms with Crippen LogP contribution in [0, 0.1) is 0 Å². The van der Waals surface area contributed by atoms with Crippen molar-refractivity contribution in [3.05, 3.63) is 146 Å². The molecule has 222 valence electrons. The standard InChI is InChI=1S/C42H24B2O4/c1-4-10-25(11-5-1)28-16-18-31-33-24-34-32-19-17-29(26-12-6-2-7-13-26)21-36(32)46-44-42(34)40-39-37(47-43(41(33)40)45-35(31)20-28)22-30(23-38(39)48-44)27-14-8-3-9-15-27/h1-24H.